The van der Waals surface area contributed by atoms with E-state index in [4.69, 9.17) is 10.5 Å². The van der Waals surface area contributed by atoms with Crippen LogP contribution in [0.4, 0.5) is 0 Å². The summed E-state index contributed by atoms with van der Waals surface area (Å²) in [5.74, 6) is 0.380. The van der Waals surface area contributed by atoms with Gasteiger partial charge in [-0.05, 0) is 25.3 Å². The van der Waals surface area contributed by atoms with Crippen LogP contribution in [0.2, 0.25) is 0 Å². The topological polar surface area (TPSA) is 47.3 Å². The molecule has 1 saturated heterocycles. The maximum absolute atomic E-state index is 5.89. The van der Waals surface area contributed by atoms with Gasteiger partial charge in [-0.25, -0.2) is 0 Å². The molecule has 1 aliphatic heterocycles. The largest absolute Gasteiger partial charge is 0.380 e. The van der Waals surface area contributed by atoms with E-state index < -0.39 is 0 Å². The highest BCUT2D eigenvalue weighted by Crippen LogP contribution is 2.20. The van der Waals surface area contributed by atoms with Crippen molar-refractivity contribution in [2.24, 2.45) is 5.73 Å². The molecule has 0 aliphatic carbocycles. The molecule has 100 valence electrons. The summed E-state index contributed by atoms with van der Waals surface area (Å²) in [4.78, 5) is 0. The van der Waals surface area contributed by atoms with Crippen molar-refractivity contribution in [3.63, 3.8) is 0 Å². The van der Waals surface area contributed by atoms with Crippen molar-refractivity contribution in [2.75, 3.05) is 26.3 Å². The monoisotopic (exact) mass is 248 g/mol. The van der Waals surface area contributed by atoms with Crippen LogP contribution >= 0.6 is 0 Å². The highest BCUT2D eigenvalue weighted by Gasteiger charge is 2.27. The van der Waals surface area contributed by atoms with Crippen LogP contribution < -0.4 is 11.1 Å². The van der Waals surface area contributed by atoms with E-state index in [1.54, 1.807) is 0 Å². The molecule has 1 aliphatic rings. The third-order valence-corrected chi connectivity index (χ3v) is 3.77. The second kappa shape index (κ2) is 6.32. The minimum Gasteiger partial charge on any atom is -0.380 e. The minimum atomic E-state index is 0.112. The van der Waals surface area contributed by atoms with Gasteiger partial charge in [0.1, 0.15) is 0 Å². The van der Waals surface area contributed by atoms with E-state index in [0.717, 1.165) is 26.2 Å². The van der Waals surface area contributed by atoms with Gasteiger partial charge < -0.3 is 15.8 Å². The molecule has 2 unspecified atom stereocenters. The maximum Gasteiger partial charge on any atom is 0.0645 e. The normalized spacial score (nSPS) is 25.9. The smallest absolute Gasteiger partial charge is 0.0645 e. The lowest BCUT2D eigenvalue weighted by Crippen LogP contribution is -2.50. The molecule has 2 rings (SSSR count). The molecular weight excluding hydrogens is 224 g/mol. The van der Waals surface area contributed by atoms with Crippen molar-refractivity contribution < 1.29 is 4.74 Å². The zero-order valence-corrected chi connectivity index (χ0v) is 11.2. The van der Waals surface area contributed by atoms with Crippen LogP contribution in [0.25, 0.3) is 0 Å². The average molecular weight is 248 g/mol. The standard InChI is InChI=1S/C15H24N2O/c1-15(8-5-9-18-12-15)17-11-14(10-16)13-6-3-2-4-7-13/h2-4,6-7,14,17H,5,8-12,16H2,1H3. The molecule has 0 aromatic heterocycles. The minimum absolute atomic E-state index is 0.112. The fourth-order valence-corrected chi connectivity index (χ4v) is 2.51. The van der Waals surface area contributed by atoms with Crippen LogP contribution in [0.15, 0.2) is 30.3 Å². The molecule has 0 bridgehead atoms. The summed E-state index contributed by atoms with van der Waals surface area (Å²) < 4.78 is 5.56. The molecular formula is C15H24N2O. The Morgan fingerprint density at radius 1 is 1.39 bits per heavy atom. The zero-order chi connectivity index (χ0) is 12.8. The molecule has 1 aromatic rings. The van der Waals surface area contributed by atoms with Crippen LogP contribution in [0, 0.1) is 0 Å². The highest BCUT2D eigenvalue weighted by molar-refractivity contribution is 5.20. The molecule has 1 heterocycles. The second-order valence-electron chi connectivity index (χ2n) is 5.44. The first-order valence-corrected chi connectivity index (χ1v) is 6.81. The van der Waals surface area contributed by atoms with Gasteiger partial charge in [0.25, 0.3) is 0 Å². The predicted octanol–water partition coefficient (Wildman–Crippen LogP) is 1.89. The van der Waals surface area contributed by atoms with Gasteiger partial charge in [-0.1, -0.05) is 30.3 Å². The van der Waals surface area contributed by atoms with E-state index >= 15 is 0 Å². The van der Waals surface area contributed by atoms with Crippen molar-refractivity contribution in [3.8, 4) is 0 Å². The quantitative estimate of drug-likeness (QED) is 0.836. The van der Waals surface area contributed by atoms with E-state index in [1.165, 1.54) is 12.0 Å². The Bertz CT molecular complexity index is 347. The molecule has 3 nitrogen and oxygen atoms in total. The van der Waals surface area contributed by atoms with Crippen molar-refractivity contribution in [3.05, 3.63) is 35.9 Å². The number of hydrogen-bond acceptors (Lipinski definition) is 3. The highest BCUT2D eigenvalue weighted by atomic mass is 16.5. The van der Waals surface area contributed by atoms with Gasteiger partial charge in [-0.3, -0.25) is 0 Å². The van der Waals surface area contributed by atoms with Crippen molar-refractivity contribution in [1.82, 2.24) is 5.32 Å². The van der Waals surface area contributed by atoms with Crippen LogP contribution in [-0.4, -0.2) is 31.8 Å². The molecule has 2 atom stereocenters. The zero-order valence-electron chi connectivity index (χ0n) is 11.2. The van der Waals surface area contributed by atoms with Gasteiger partial charge in [0.15, 0.2) is 0 Å². The van der Waals surface area contributed by atoms with Gasteiger partial charge >= 0.3 is 0 Å². The number of nitrogens with one attached hydrogen (secondary N) is 1. The summed E-state index contributed by atoms with van der Waals surface area (Å²) in [6, 6.07) is 10.5. The first-order valence-electron chi connectivity index (χ1n) is 6.81. The molecule has 0 radical (unpaired) electrons. The molecule has 1 fully saturated rings. The summed E-state index contributed by atoms with van der Waals surface area (Å²) in [6.07, 6.45) is 2.32. The second-order valence-corrected chi connectivity index (χ2v) is 5.44. The third kappa shape index (κ3) is 3.55. The average Bonchev–Trinajstić information content (AvgIpc) is 2.41. The summed E-state index contributed by atoms with van der Waals surface area (Å²) in [5.41, 5.74) is 7.32. The van der Waals surface area contributed by atoms with Gasteiger partial charge in [0.05, 0.1) is 6.61 Å². The lowest BCUT2D eigenvalue weighted by atomic mass is 9.92. The summed E-state index contributed by atoms with van der Waals surface area (Å²) in [7, 11) is 0. The lowest BCUT2D eigenvalue weighted by Gasteiger charge is -2.35. The van der Waals surface area contributed by atoms with Gasteiger partial charge in [0.2, 0.25) is 0 Å². The Kier molecular flexibility index (Phi) is 4.75. The molecule has 0 spiro atoms. The Balaban J connectivity index is 1.91. The van der Waals surface area contributed by atoms with E-state index in [9.17, 15) is 0 Å². The molecule has 0 amide bonds. The van der Waals surface area contributed by atoms with Gasteiger partial charge in [-0.15, -0.1) is 0 Å². The summed E-state index contributed by atoms with van der Waals surface area (Å²) >= 11 is 0. The molecule has 18 heavy (non-hydrogen) atoms. The van der Waals surface area contributed by atoms with E-state index in [1.807, 2.05) is 6.07 Å². The molecule has 3 N–H and O–H groups in total. The predicted molar refractivity (Wildman–Crippen MR) is 74.7 cm³/mol. The van der Waals surface area contributed by atoms with Gasteiger partial charge in [0, 0.05) is 31.2 Å². The molecule has 0 saturated carbocycles. The Hall–Kier alpha value is -0.900. The lowest BCUT2D eigenvalue weighted by molar-refractivity contribution is 0.0281. The van der Waals surface area contributed by atoms with Crippen molar-refractivity contribution in [1.29, 1.82) is 0 Å². The van der Waals surface area contributed by atoms with Crippen molar-refractivity contribution in [2.45, 2.75) is 31.2 Å². The number of benzene rings is 1. The third-order valence-electron chi connectivity index (χ3n) is 3.77. The maximum atomic E-state index is 5.89. The fraction of sp³-hybridized carbons (Fsp3) is 0.600. The Morgan fingerprint density at radius 3 is 2.78 bits per heavy atom. The van der Waals surface area contributed by atoms with Crippen LogP contribution in [0.1, 0.15) is 31.2 Å². The molecule has 1 aromatic carbocycles. The number of nitrogens with two attached hydrogens (primary N) is 1. The SMILES string of the molecule is CC1(NCC(CN)c2ccccc2)CCCOC1. The number of rotatable bonds is 5. The number of ether oxygens (including phenoxy) is 1. The summed E-state index contributed by atoms with van der Waals surface area (Å²) in [6.45, 7) is 5.54. The Morgan fingerprint density at radius 2 is 2.17 bits per heavy atom. The van der Waals surface area contributed by atoms with E-state index in [2.05, 4.69) is 36.5 Å². The van der Waals surface area contributed by atoms with Gasteiger partial charge in [-0.2, -0.15) is 0 Å². The van der Waals surface area contributed by atoms with Crippen LogP contribution in [-0.2, 0) is 4.74 Å². The fourth-order valence-electron chi connectivity index (χ4n) is 2.51. The van der Waals surface area contributed by atoms with Crippen LogP contribution in [0.5, 0.6) is 0 Å². The summed E-state index contributed by atoms with van der Waals surface area (Å²) in [5, 5.41) is 3.64. The van der Waals surface area contributed by atoms with Crippen LogP contribution in [0.3, 0.4) is 0 Å². The first-order chi connectivity index (χ1) is 8.73. The number of hydrogen-bond donors (Lipinski definition) is 2. The van der Waals surface area contributed by atoms with Crippen molar-refractivity contribution >= 4 is 0 Å². The van der Waals surface area contributed by atoms with E-state index in [-0.39, 0.29) is 5.54 Å². The van der Waals surface area contributed by atoms with E-state index in [0.29, 0.717) is 12.5 Å². The molecule has 3 heteroatoms. The first kappa shape index (κ1) is 13.5. The Labute approximate surface area is 110 Å².